The van der Waals surface area contributed by atoms with Crippen molar-refractivity contribution in [1.29, 1.82) is 0 Å². The van der Waals surface area contributed by atoms with E-state index in [1.165, 1.54) is 31.7 Å². The number of halogens is 1. The Morgan fingerprint density at radius 3 is 2.67 bits per heavy atom. The van der Waals surface area contributed by atoms with Crippen LogP contribution in [0.3, 0.4) is 0 Å². The van der Waals surface area contributed by atoms with Crippen LogP contribution in [-0.2, 0) is 0 Å². The summed E-state index contributed by atoms with van der Waals surface area (Å²) in [5, 5.41) is 4.36. The molecule has 3 rings (SSSR count). The molecule has 0 aromatic heterocycles. The van der Waals surface area contributed by atoms with Gasteiger partial charge in [0.1, 0.15) is 0 Å². The summed E-state index contributed by atoms with van der Waals surface area (Å²) >= 11 is 6.12. The third-order valence-electron chi connectivity index (χ3n) is 4.48. The van der Waals surface area contributed by atoms with Gasteiger partial charge in [-0.05, 0) is 49.0 Å². The number of likely N-dealkylation sites (tertiary alicyclic amines) is 1. The van der Waals surface area contributed by atoms with Crippen molar-refractivity contribution >= 4 is 11.6 Å². The van der Waals surface area contributed by atoms with E-state index in [4.69, 9.17) is 11.6 Å². The van der Waals surface area contributed by atoms with Crippen LogP contribution >= 0.6 is 11.6 Å². The van der Waals surface area contributed by atoms with E-state index in [2.05, 4.69) is 35.3 Å². The lowest BCUT2D eigenvalue weighted by Gasteiger charge is -2.28. The van der Waals surface area contributed by atoms with Gasteiger partial charge in [0.2, 0.25) is 0 Å². The molecule has 3 heteroatoms. The maximum atomic E-state index is 6.12. The van der Waals surface area contributed by atoms with Crippen molar-refractivity contribution in [1.82, 2.24) is 10.2 Å². The fourth-order valence-corrected chi connectivity index (χ4v) is 3.76. The Balaban J connectivity index is 1.77. The molecule has 0 bridgehead atoms. The molecule has 2 aliphatic rings. The van der Waals surface area contributed by atoms with Gasteiger partial charge in [-0.3, -0.25) is 4.90 Å². The van der Waals surface area contributed by atoms with E-state index in [1.807, 2.05) is 6.07 Å². The normalized spacial score (nSPS) is 29.4. The lowest BCUT2D eigenvalue weighted by atomic mass is 10.0. The zero-order valence-electron chi connectivity index (χ0n) is 10.9. The van der Waals surface area contributed by atoms with Crippen molar-refractivity contribution in [3.05, 3.63) is 34.9 Å². The minimum atomic E-state index is 0.536. The van der Waals surface area contributed by atoms with Gasteiger partial charge in [0.25, 0.3) is 0 Å². The predicted molar refractivity (Wildman–Crippen MR) is 75.9 cm³/mol. The Morgan fingerprint density at radius 1 is 1.33 bits per heavy atom. The molecular weight excluding hydrogens is 244 g/mol. The average molecular weight is 265 g/mol. The summed E-state index contributed by atoms with van der Waals surface area (Å²) in [5.74, 6) is 1.72. The highest BCUT2D eigenvalue weighted by Gasteiger charge is 2.38. The second-order valence-corrected chi connectivity index (χ2v) is 6.05. The van der Waals surface area contributed by atoms with E-state index in [9.17, 15) is 0 Å². The molecule has 2 saturated heterocycles. The molecule has 2 nitrogen and oxygen atoms in total. The summed E-state index contributed by atoms with van der Waals surface area (Å²) < 4.78 is 0. The van der Waals surface area contributed by atoms with Crippen LogP contribution in [0.5, 0.6) is 0 Å². The van der Waals surface area contributed by atoms with Crippen molar-refractivity contribution < 1.29 is 0 Å². The Kier molecular flexibility index (Phi) is 3.60. The second kappa shape index (κ2) is 5.20. The van der Waals surface area contributed by atoms with Crippen LogP contribution in [0.1, 0.15) is 24.9 Å². The molecule has 1 aromatic rings. The van der Waals surface area contributed by atoms with E-state index >= 15 is 0 Å². The van der Waals surface area contributed by atoms with Crippen molar-refractivity contribution in [2.75, 3.05) is 26.2 Å². The molecule has 1 unspecified atom stereocenters. The predicted octanol–water partition coefficient (Wildman–Crippen LogP) is 2.94. The summed E-state index contributed by atoms with van der Waals surface area (Å²) in [5.41, 5.74) is 1.37. The Hall–Kier alpha value is -0.570. The molecule has 2 fully saturated rings. The van der Waals surface area contributed by atoms with Gasteiger partial charge in [0.15, 0.2) is 0 Å². The van der Waals surface area contributed by atoms with Crippen LogP contribution < -0.4 is 5.32 Å². The van der Waals surface area contributed by atoms with Crippen LogP contribution in [0, 0.1) is 11.8 Å². The van der Waals surface area contributed by atoms with Crippen LogP contribution in [-0.4, -0.2) is 31.1 Å². The maximum Gasteiger partial charge on any atom is 0.0409 e. The molecule has 0 amide bonds. The highest BCUT2D eigenvalue weighted by Crippen LogP contribution is 2.35. The van der Waals surface area contributed by atoms with Gasteiger partial charge in [-0.1, -0.05) is 30.7 Å². The molecule has 0 radical (unpaired) electrons. The smallest absolute Gasteiger partial charge is 0.0409 e. The van der Waals surface area contributed by atoms with Crippen molar-refractivity contribution in [3.63, 3.8) is 0 Å². The first kappa shape index (κ1) is 12.5. The quantitative estimate of drug-likeness (QED) is 0.903. The van der Waals surface area contributed by atoms with Gasteiger partial charge in [-0.15, -0.1) is 0 Å². The van der Waals surface area contributed by atoms with Crippen molar-refractivity contribution in [2.24, 2.45) is 11.8 Å². The average Bonchev–Trinajstić information content (AvgIpc) is 2.91. The molecule has 18 heavy (non-hydrogen) atoms. The molecule has 2 aliphatic heterocycles. The van der Waals surface area contributed by atoms with E-state index in [-0.39, 0.29) is 0 Å². The largest absolute Gasteiger partial charge is 0.316 e. The molecule has 0 saturated carbocycles. The monoisotopic (exact) mass is 264 g/mol. The lowest BCUT2D eigenvalue weighted by Crippen LogP contribution is -2.29. The highest BCUT2D eigenvalue weighted by molar-refractivity contribution is 6.30. The Bertz CT molecular complexity index is 409. The fourth-order valence-electron chi connectivity index (χ4n) is 3.56. The number of nitrogens with zero attached hydrogens (tertiary/aromatic N) is 1. The zero-order chi connectivity index (χ0) is 12.5. The Morgan fingerprint density at radius 2 is 2.06 bits per heavy atom. The minimum Gasteiger partial charge on any atom is -0.316 e. The standard InChI is InChI=1S/C15H21ClN2/c1-2-15(11-4-3-5-14(16)6-11)18-9-12-7-17-8-13(12)10-18/h3-6,12-13,15,17H,2,7-10H2,1H3/t12-,13+,15?. The Labute approximate surface area is 114 Å². The summed E-state index contributed by atoms with van der Waals surface area (Å²) in [4.78, 5) is 2.65. The molecule has 0 aliphatic carbocycles. The topological polar surface area (TPSA) is 15.3 Å². The van der Waals surface area contributed by atoms with Gasteiger partial charge in [-0.2, -0.15) is 0 Å². The third-order valence-corrected chi connectivity index (χ3v) is 4.71. The van der Waals surface area contributed by atoms with E-state index in [0.717, 1.165) is 23.3 Å². The van der Waals surface area contributed by atoms with Crippen LogP contribution in [0.2, 0.25) is 5.02 Å². The number of hydrogen-bond donors (Lipinski definition) is 1. The zero-order valence-corrected chi connectivity index (χ0v) is 11.7. The van der Waals surface area contributed by atoms with Gasteiger partial charge < -0.3 is 5.32 Å². The molecule has 0 spiro atoms. The summed E-state index contributed by atoms with van der Waals surface area (Å²) in [6.45, 7) is 7.16. The summed E-state index contributed by atoms with van der Waals surface area (Å²) in [6.07, 6.45) is 1.16. The molecule has 98 valence electrons. The number of fused-ring (bicyclic) bond motifs is 1. The number of rotatable bonds is 3. The fraction of sp³-hybridized carbons (Fsp3) is 0.600. The third kappa shape index (κ3) is 2.29. The number of hydrogen-bond acceptors (Lipinski definition) is 2. The van der Waals surface area contributed by atoms with Crippen molar-refractivity contribution in [3.8, 4) is 0 Å². The van der Waals surface area contributed by atoms with Gasteiger partial charge in [0.05, 0.1) is 0 Å². The minimum absolute atomic E-state index is 0.536. The number of nitrogens with one attached hydrogen (secondary N) is 1. The second-order valence-electron chi connectivity index (χ2n) is 5.61. The molecule has 2 heterocycles. The first-order valence-electron chi connectivity index (χ1n) is 6.98. The summed E-state index contributed by atoms with van der Waals surface area (Å²) in [6, 6.07) is 8.91. The molecule has 3 atom stereocenters. The van der Waals surface area contributed by atoms with E-state index in [0.29, 0.717) is 6.04 Å². The van der Waals surface area contributed by atoms with Crippen LogP contribution in [0.15, 0.2) is 24.3 Å². The maximum absolute atomic E-state index is 6.12. The molecular formula is C15H21ClN2. The lowest BCUT2D eigenvalue weighted by molar-refractivity contribution is 0.222. The van der Waals surface area contributed by atoms with E-state index < -0.39 is 0 Å². The van der Waals surface area contributed by atoms with Crippen LogP contribution in [0.25, 0.3) is 0 Å². The summed E-state index contributed by atoms with van der Waals surface area (Å²) in [7, 11) is 0. The number of benzene rings is 1. The molecule has 1 N–H and O–H groups in total. The van der Waals surface area contributed by atoms with Gasteiger partial charge in [-0.25, -0.2) is 0 Å². The SMILES string of the molecule is CCC(c1cccc(Cl)c1)N1C[C@H]2CNC[C@H]2C1. The van der Waals surface area contributed by atoms with Gasteiger partial charge >= 0.3 is 0 Å². The molecule has 1 aromatic carbocycles. The first-order valence-corrected chi connectivity index (χ1v) is 7.36. The van der Waals surface area contributed by atoms with Gasteiger partial charge in [0, 0.05) is 24.2 Å². The van der Waals surface area contributed by atoms with Crippen molar-refractivity contribution in [2.45, 2.75) is 19.4 Å². The first-order chi connectivity index (χ1) is 8.78. The highest BCUT2D eigenvalue weighted by atomic mass is 35.5. The van der Waals surface area contributed by atoms with Crippen LogP contribution in [0.4, 0.5) is 0 Å². The van der Waals surface area contributed by atoms with E-state index in [1.54, 1.807) is 0 Å².